The van der Waals surface area contributed by atoms with Gasteiger partial charge in [0.25, 0.3) is 5.56 Å². The number of para-hydroxylation sites is 1. The summed E-state index contributed by atoms with van der Waals surface area (Å²) in [6.07, 6.45) is 0.492. The van der Waals surface area contributed by atoms with E-state index in [1.54, 1.807) is 6.92 Å². The first-order valence-electron chi connectivity index (χ1n) is 9.50. The Morgan fingerprint density at radius 2 is 1.93 bits per heavy atom. The van der Waals surface area contributed by atoms with Crippen molar-refractivity contribution in [1.82, 2.24) is 9.13 Å². The predicted molar refractivity (Wildman–Crippen MR) is 121 cm³/mol. The molecule has 0 unspecified atom stereocenters. The second-order valence-electron chi connectivity index (χ2n) is 7.41. The number of halogens is 1. The molecule has 0 aliphatic heterocycles. The molecule has 9 heteroatoms. The lowest BCUT2D eigenvalue weighted by molar-refractivity contribution is -0.146. The Morgan fingerprint density at radius 3 is 2.57 bits per heavy atom. The molecular formula is C21H23BrN2O5S. The van der Waals surface area contributed by atoms with E-state index < -0.39 is 22.8 Å². The van der Waals surface area contributed by atoms with Crippen molar-refractivity contribution in [3.05, 3.63) is 60.0 Å². The third kappa shape index (κ3) is 3.72. The molecule has 2 heterocycles. The highest BCUT2D eigenvalue weighted by molar-refractivity contribution is 9.11. The molecule has 160 valence electrons. The Kier molecular flexibility index (Phi) is 6.24. The molecular weight excluding hydrogens is 472 g/mol. The first-order chi connectivity index (χ1) is 14.1. The largest absolute Gasteiger partial charge is 0.494 e. The van der Waals surface area contributed by atoms with E-state index in [9.17, 15) is 19.5 Å². The average molecular weight is 495 g/mol. The molecule has 0 saturated heterocycles. The molecule has 0 radical (unpaired) electrons. The normalized spacial score (nSPS) is 11.8. The zero-order valence-corrected chi connectivity index (χ0v) is 19.6. The molecule has 0 aliphatic carbocycles. The quantitative estimate of drug-likeness (QED) is 0.539. The number of benzene rings is 1. The number of carboxylic acid groups (broad SMARTS) is 1. The molecule has 0 saturated carbocycles. The lowest BCUT2D eigenvalue weighted by Crippen LogP contribution is -2.52. The van der Waals surface area contributed by atoms with Crippen molar-refractivity contribution in [2.24, 2.45) is 0 Å². The highest BCUT2D eigenvalue weighted by atomic mass is 79.9. The molecule has 30 heavy (non-hydrogen) atoms. The number of nitrogens with zero attached hydrogens (tertiary/aromatic N) is 2. The summed E-state index contributed by atoms with van der Waals surface area (Å²) < 4.78 is 8.75. The van der Waals surface area contributed by atoms with Crippen molar-refractivity contribution in [1.29, 1.82) is 0 Å². The van der Waals surface area contributed by atoms with Crippen LogP contribution in [0.5, 0.6) is 5.75 Å². The van der Waals surface area contributed by atoms with Crippen molar-refractivity contribution in [3.63, 3.8) is 0 Å². The summed E-state index contributed by atoms with van der Waals surface area (Å²) in [5, 5.41) is 10.0. The molecule has 0 bridgehead atoms. The van der Waals surface area contributed by atoms with E-state index in [0.717, 1.165) is 19.7 Å². The molecule has 0 amide bonds. The Labute approximate surface area is 185 Å². The van der Waals surface area contributed by atoms with Gasteiger partial charge in [0.05, 0.1) is 15.8 Å². The highest BCUT2D eigenvalue weighted by Crippen LogP contribution is 2.33. The van der Waals surface area contributed by atoms with Crippen molar-refractivity contribution in [2.75, 3.05) is 6.61 Å². The fourth-order valence-electron chi connectivity index (χ4n) is 3.34. The molecule has 0 fully saturated rings. The minimum Gasteiger partial charge on any atom is -0.494 e. The molecule has 0 atom stereocenters. The Morgan fingerprint density at radius 1 is 1.27 bits per heavy atom. The van der Waals surface area contributed by atoms with Gasteiger partial charge in [0.2, 0.25) is 0 Å². The second kappa shape index (κ2) is 8.39. The summed E-state index contributed by atoms with van der Waals surface area (Å²) >= 11 is 4.75. The number of fused-ring (bicyclic) bond motifs is 1. The number of thiophene rings is 1. The Hall–Kier alpha value is -2.39. The van der Waals surface area contributed by atoms with Gasteiger partial charge in [-0.25, -0.2) is 14.2 Å². The van der Waals surface area contributed by atoms with Crippen LogP contribution in [0.3, 0.4) is 0 Å². The summed E-state index contributed by atoms with van der Waals surface area (Å²) in [5.74, 6) is -0.506. The third-order valence-electron chi connectivity index (χ3n) is 5.11. The molecule has 3 rings (SSSR count). The number of carbonyl (C=O) groups is 1. The molecule has 3 aromatic rings. The number of aromatic nitrogens is 2. The summed E-state index contributed by atoms with van der Waals surface area (Å²) in [5.41, 5.74) is -1.29. The van der Waals surface area contributed by atoms with Gasteiger partial charge in [-0.15, -0.1) is 11.3 Å². The topological polar surface area (TPSA) is 90.5 Å². The minimum absolute atomic E-state index is 0.280. The number of aryl methyl sites for hydroxylation is 3. The van der Waals surface area contributed by atoms with Crippen molar-refractivity contribution in [3.8, 4) is 5.75 Å². The van der Waals surface area contributed by atoms with Crippen molar-refractivity contribution < 1.29 is 14.6 Å². The molecule has 7 nitrogen and oxygen atoms in total. The summed E-state index contributed by atoms with van der Waals surface area (Å²) in [6, 6.07) is 7.59. The zero-order chi connectivity index (χ0) is 22.2. The fraction of sp³-hybridized carbons (Fsp3) is 0.381. The average Bonchev–Trinajstić information content (AvgIpc) is 2.97. The van der Waals surface area contributed by atoms with Crippen molar-refractivity contribution >= 4 is 43.5 Å². The van der Waals surface area contributed by atoms with E-state index in [2.05, 4.69) is 15.9 Å². The monoisotopic (exact) mass is 494 g/mol. The van der Waals surface area contributed by atoms with Gasteiger partial charge in [-0.3, -0.25) is 9.36 Å². The molecule has 1 N–H and O–H groups in total. The molecule has 1 aromatic carbocycles. The van der Waals surface area contributed by atoms with Gasteiger partial charge in [0.15, 0.2) is 0 Å². The van der Waals surface area contributed by atoms with E-state index in [-0.39, 0.29) is 6.54 Å². The summed E-state index contributed by atoms with van der Waals surface area (Å²) in [6.45, 7) is 7.20. The smallest absolute Gasteiger partial charge is 0.333 e. The van der Waals surface area contributed by atoms with Gasteiger partial charge < -0.3 is 9.84 Å². The van der Waals surface area contributed by atoms with Crippen LogP contribution in [0, 0.1) is 6.92 Å². The van der Waals surface area contributed by atoms with Crippen LogP contribution < -0.4 is 16.0 Å². The third-order valence-corrected chi connectivity index (χ3v) is 7.30. The van der Waals surface area contributed by atoms with Crippen LogP contribution in [0.15, 0.2) is 37.6 Å². The predicted octanol–water partition coefficient (Wildman–Crippen LogP) is 3.76. The molecule has 2 aromatic heterocycles. The van der Waals surface area contributed by atoms with Crippen LogP contribution in [0.1, 0.15) is 31.9 Å². The number of hydrogen-bond donors (Lipinski definition) is 1. The molecule has 0 spiro atoms. The summed E-state index contributed by atoms with van der Waals surface area (Å²) in [4.78, 5) is 38.8. The maximum atomic E-state index is 13.3. The van der Waals surface area contributed by atoms with Gasteiger partial charge in [-0.2, -0.15) is 0 Å². The van der Waals surface area contributed by atoms with E-state index >= 15 is 0 Å². The molecule has 0 aliphatic rings. The van der Waals surface area contributed by atoms with Crippen LogP contribution in [0.4, 0.5) is 0 Å². The number of rotatable bonds is 7. The zero-order valence-electron chi connectivity index (χ0n) is 17.2. The fourth-order valence-corrected chi connectivity index (χ4v) is 5.05. The van der Waals surface area contributed by atoms with Gasteiger partial charge in [0.1, 0.15) is 16.1 Å². The van der Waals surface area contributed by atoms with Crippen LogP contribution in [-0.2, 0) is 23.3 Å². The number of carboxylic acids is 1. The van der Waals surface area contributed by atoms with Gasteiger partial charge in [-0.05, 0) is 67.2 Å². The minimum atomic E-state index is -1.69. The maximum Gasteiger partial charge on any atom is 0.333 e. The SMILES string of the molecule is CCOc1ccccc1CCn1c(=O)n(C(C)(C)C(=O)O)c(=O)c2c(C)c(Br)sc21. The number of hydrogen-bond acceptors (Lipinski definition) is 5. The van der Waals surface area contributed by atoms with E-state index in [0.29, 0.717) is 28.8 Å². The lowest BCUT2D eigenvalue weighted by Gasteiger charge is -2.23. The van der Waals surface area contributed by atoms with Crippen LogP contribution in [-0.4, -0.2) is 26.8 Å². The Balaban J connectivity index is 2.22. The second-order valence-corrected chi connectivity index (χ2v) is 9.73. The van der Waals surface area contributed by atoms with E-state index in [4.69, 9.17) is 4.74 Å². The maximum absolute atomic E-state index is 13.3. The van der Waals surface area contributed by atoms with Gasteiger partial charge >= 0.3 is 11.7 Å². The lowest BCUT2D eigenvalue weighted by atomic mass is 10.1. The van der Waals surface area contributed by atoms with Crippen LogP contribution in [0.2, 0.25) is 0 Å². The Bertz CT molecular complexity index is 1240. The number of aliphatic carboxylic acids is 1. The first-order valence-corrected chi connectivity index (χ1v) is 11.1. The highest BCUT2D eigenvalue weighted by Gasteiger charge is 2.35. The standard InChI is InChI=1S/C21H23BrN2O5S/c1-5-29-14-9-7-6-8-13(14)10-11-23-18-15(12(2)16(22)30-18)17(25)24(20(23)28)21(3,4)19(26)27/h6-9H,5,10-11H2,1-4H3,(H,26,27). The van der Waals surface area contributed by atoms with Crippen molar-refractivity contribution in [2.45, 2.75) is 46.2 Å². The first kappa shape index (κ1) is 22.3. The number of ether oxygens (including phenoxy) is 1. The van der Waals surface area contributed by atoms with E-state index in [1.807, 2.05) is 31.2 Å². The van der Waals surface area contributed by atoms with E-state index in [1.165, 1.54) is 29.8 Å². The summed E-state index contributed by atoms with van der Waals surface area (Å²) in [7, 11) is 0. The van der Waals surface area contributed by atoms with Crippen LogP contribution >= 0.6 is 27.3 Å². The van der Waals surface area contributed by atoms with Crippen LogP contribution in [0.25, 0.3) is 10.2 Å². The van der Waals surface area contributed by atoms with Gasteiger partial charge in [-0.1, -0.05) is 18.2 Å². The van der Waals surface area contributed by atoms with Gasteiger partial charge in [0, 0.05) is 6.54 Å².